The number of hydrogen-bond acceptors (Lipinski definition) is 2. The van der Waals surface area contributed by atoms with Gasteiger partial charge in [-0.3, -0.25) is 4.79 Å². The zero-order valence-electron chi connectivity index (χ0n) is 10.2. The Morgan fingerprint density at radius 1 is 1.44 bits per heavy atom. The first-order valence-corrected chi connectivity index (χ1v) is 6.11. The van der Waals surface area contributed by atoms with Crippen LogP contribution >= 0.6 is 0 Å². The lowest BCUT2D eigenvalue weighted by Crippen LogP contribution is -2.23. The Kier molecular flexibility index (Phi) is 2.38. The summed E-state index contributed by atoms with van der Waals surface area (Å²) in [7, 11) is 0. The van der Waals surface area contributed by atoms with Crippen LogP contribution < -0.4 is 5.32 Å². The normalized spacial score (nSPS) is 30.0. The summed E-state index contributed by atoms with van der Waals surface area (Å²) in [6.45, 7) is 1.76. The van der Waals surface area contributed by atoms with Crippen LogP contribution in [0.1, 0.15) is 19.8 Å². The second-order valence-electron chi connectivity index (χ2n) is 5.07. The molecule has 2 aliphatic carbocycles. The summed E-state index contributed by atoms with van der Waals surface area (Å²) in [5.74, 6) is -0.0441. The first kappa shape index (κ1) is 11.2. The number of aliphatic hydroxyl groups is 1. The number of amides is 1. The Morgan fingerprint density at radius 3 is 3.00 bits per heavy atom. The summed E-state index contributed by atoms with van der Waals surface area (Å²) in [5.41, 5.74) is 2.82. The van der Waals surface area contributed by atoms with Gasteiger partial charge in [0.1, 0.15) is 0 Å². The fourth-order valence-electron chi connectivity index (χ4n) is 2.45. The molecule has 0 radical (unpaired) electrons. The largest absolute Gasteiger partial charge is 0.386 e. The SMILES string of the molecule is CC1(O)C=CC(C2=C3CC=CC=C3NC2=O)=CC1. The van der Waals surface area contributed by atoms with Crippen molar-refractivity contribution in [2.24, 2.45) is 0 Å². The summed E-state index contributed by atoms with van der Waals surface area (Å²) in [6, 6.07) is 0. The molecule has 0 aromatic heterocycles. The highest BCUT2D eigenvalue weighted by Crippen LogP contribution is 2.34. The fraction of sp³-hybridized carbons (Fsp3) is 0.267. The number of nitrogens with one attached hydrogen (secondary N) is 1. The van der Waals surface area contributed by atoms with Crippen LogP contribution in [0.2, 0.25) is 0 Å². The van der Waals surface area contributed by atoms with Crippen LogP contribution in [-0.2, 0) is 4.79 Å². The van der Waals surface area contributed by atoms with Gasteiger partial charge in [-0.15, -0.1) is 0 Å². The Hall–Kier alpha value is -1.87. The molecule has 0 aromatic rings. The van der Waals surface area contributed by atoms with Crippen molar-refractivity contribution in [3.05, 3.63) is 58.9 Å². The van der Waals surface area contributed by atoms with E-state index >= 15 is 0 Å². The minimum Gasteiger partial charge on any atom is -0.386 e. The topological polar surface area (TPSA) is 49.3 Å². The van der Waals surface area contributed by atoms with Crippen LogP contribution in [0.15, 0.2) is 58.9 Å². The molecule has 0 saturated carbocycles. The van der Waals surface area contributed by atoms with Crippen molar-refractivity contribution >= 4 is 5.91 Å². The van der Waals surface area contributed by atoms with Crippen LogP contribution in [0.3, 0.4) is 0 Å². The Bertz CT molecular complexity index is 571. The van der Waals surface area contributed by atoms with Crippen molar-refractivity contribution in [2.45, 2.75) is 25.4 Å². The van der Waals surface area contributed by atoms with Crippen molar-refractivity contribution in [1.82, 2.24) is 5.32 Å². The number of allylic oxidation sites excluding steroid dienone is 5. The molecule has 92 valence electrons. The first-order chi connectivity index (χ1) is 8.57. The molecular formula is C15H15NO2. The van der Waals surface area contributed by atoms with Gasteiger partial charge in [0, 0.05) is 5.70 Å². The van der Waals surface area contributed by atoms with E-state index in [1.807, 2.05) is 30.4 Å². The second-order valence-corrected chi connectivity index (χ2v) is 5.07. The zero-order chi connectivity index (χ0) is 12.8. The van der Waals surface area contributed by atoms with E-state index < -0.39 is 5.60 Å². The smallest absolute Gasteiger partial charge is 0.256 e. The van der Waals surface area contributed by atoms with Gasteiger partial charge in [-0.2, -0.15) is 0 Å². The van der Waals surface area contributed by atoms with Crippen molar-refractivity contribution in [1.29, 1.82) is 0 Å². The molecule has 0 aromatic carbocycles. The highest BCUT2D eigenvalue weighted by molar-refractivity contribution is 6.05. The van der Waals surface area contributed by atoms with Crippen molar-refractivity contribution < 1.29 is 9.90 Å². The average molecular weight is 241 g/mol. The molecule has 1 aliphatic heterocycles. The molecule has 3 aliphatic rings. The third kappa shape index (κ3) is 1.77. The van der Waals surface area contributed by atoms with Crippen LogP contribution in [0.25, 0.3) is 0 Å². The maximum absolute atomic E-state index is 12.0. The summed E-state index contributed by atoms with van der Waals surface area (Å²) in [4.78, 5) is 12.0. The van der Waals surface area contributed by atoms with Crippen LogP contribution in [0, 0.1) is 0 Å². The standard InChI is InChI=1S/C15H15NO2/c1-15(18)8-6-10(7-9-15)13-11-4-2-3-5-12(11)16-14(13)17/h2-3,5-8,18H,4,9H2,1H3,(H,16,17). The fourth-order valence-corrected chi connectivity index (χ4v) is 2.45. The number of carbonyl (C=O) groups excluding carboxylic acids is 1. The lowest BCUT2D eigenvalue weighted by molar-refractivity contribution is -0.116. The van der Waals surface area contributed by atoms with Gasteiger partial charge in [-0.25, -0.2) is 0 Å². The van der Waals surface area contributed by atoms with E-state index in [2.05, 4.69) is 5.32 Å². The van der Waals surface area contributed by atoms with E-state index in [1.165, 1.54) is 0 Å². The van der Waals surface area contributed by atoms with Gasteiger partial charge in [-0.1, -0.05) is 30.4 Å². The van der Waals surface area contributed by atoms with Crippen LogP contribution in [-0.4, -0.2) is 16.6 Å². The number of fused-ring (bicyclic) bond motifs is 1. The summed E-state index contributed by atoms with van der Waals surface area (Å²) in [5, 5.41) is 12.7. The lowest BCUT2D eigenvalue weighted by Gasteiger charge is -2.21. The van der Waals surface area contributed by atoms with E-state index in [0.717, 1.165) is 28.8 Å². The molecule has 3 rings (SSSR count). The molecule has 1 atom stereocenters. The van der Waals surface area contributed by atoms with E-state index in [4.69, 9.17) is 0 Å². The van der Waals surface area contributed by atoms with Gasteiger partial charge in [0.2, 0.25) is 0 Å². The predicted octanol–water partition coefficient (Wildman–Crippen LogP) is 1.89. The van der Waals surface area contributed by atoms with Gasteiger partial charge in [-0.05, 0) is 37.0 Å². The van der Waals surface area contributed by atoms with Crippen molar-refractivity contribution in [3.63, 3.8) is 0 Å². The van der Waals surface area contributed by atoms with E-state index in [-0.39, 0.29) is 5.91 Å². The maximum Gasteiger partial charge on any atom is 0.256 e. The van der Waals surface area contributed by atoms with Gasteiger partial charge in [0.25, 0.3) is 5.91 Å². The van der Waals surface area contributed by atoms with E-state index in [1.54, 1.807) is 13.0 Å². The molecule has 3 heteroatoms. The zero-order valence-corrected chi connectivity index (χ0v) is 10.2. The third-order valence-electron chi connectivity index (χ3n) is 3.47. The molecule has 1 amide bonds. The monoisotopic (exact) mass is 241 g/mol. The molecule has 3 nitrogen and oxygen atoms in total. The van der Waals surface area contributed by atoms with Gasteiger partial charge < -0.3 is 10.4 Å². The minimum atomic E-state index is -0.797. The van der Waals surface area contributed by atoms with E-state index in [9.17, 15) is 9.90 Å². The van der Waals surface area contributed by atoms with Crippen molar-refractivity contribution in [3.8, 4) is 0 Å². The van der Waals surface area contributed by atoms with Gasteiger partial charge in [0.05, 0.1) is 11.2 Å². The number of rotatable bonds is 1. The highest BCUT2D eigenvalue weighted by atomic mass is 16.3. The molecular weight excluding hydrogens is 226 g/mol. The highest BCUT2D eigenvalue weighted by Gasteiger charge is 2.30. The second kappa shape index (κ2) is 3.82. The summed E-state index contributed by atoms with van der Waals surface area (Å²) in [6.07, 6.45) is 12.8. The lowest BCUT2D eigenvalue weighted by atomic mass is 9.88. The molecule has 18 heavy (non-hydrogen) atoms. The van der Waals surface area contributed by atoms with Gasteiger partial charge >= 0.3 is 0 Å². The quantitative estimate of drug-likeness (QED) is 0.736. The van der Waals surface area contributed by atoms with E-state index in [0.29, 0.717) is 6.42 Å². The molecule has 0 saturated heterocycles. The van der Waals surface area contributed by atoms with Gasteiger partial charge in [0.15, 0.2) is 0 Å². The Labute approximate surface area is 106 Å². The predicted molar refractivity (Wildman–Crippen MR) is 69.5 cm³/mol. The number of hydrogen-bond donors (Lipinski definition) is 2. The molecule has 0 spiro atoms. The molecule has 1 heterocycles. The molecule has 0 fully saturated rings. The Balaban J connectivity index is 2.01. The molecule has 2 N–H and O–H groups in total. The molecule has 0 bridgehead atoms. The summed E-state index contributed by atoms with van der Waals surface area (Å²) >= 11 is 0. The maximum atomic E-state index is 12.0. The van der Waals surface area contributed by atoms with Crippen LogP contribution in [0.4, 0.5) is 0 Å². The molecule has 1 unspecified atom stereocenters. The minimum absolute atomic E-state index is 0.0441. The average Bonchev–Trinajstić information content (AvgIpc) is 2.66. The first-order valence-electron chi connectivity index (χ1n) is 6.11. The van der Waals surface area contributed by atoms with Crippen LogP contribution in [0.5, 0.6) is 0 Å². The number of carbonyl (C=O) groups is 1. The van der Waals surface area contributed by atoms with Crippen molar-refractivity contribution in [2.75, 3.05) is 0 Å². The summed E-state index contributed by atoms with van der Waals surface area (Å²) < 4.78 is 0. The third-order valence-corrected chi connectivity index (χ3v) is 3.47. The Morgan fingerprint density at radius 2 is 2.28 bits per heavy atom.